The van der Waals surface area contributed by atoms with Gasteiger partial charge in [-0.15, -0.1) is 11.3 Å². The van der Waals surface area contributed by atoms with Crippen molar-refractivity contribution in [3.05, 3.63) is 63.8 Å². The molecule has 0 amide bonds. The van der Waals surface area contributed by atoms with E-state index in [0.29, 0.717) is 21.4 Å². The van der Waals surface area contributed by atoms with E-state index in [4.69, 9.17) is 16.0 Å². The van der Waals surface area contributed by atoms with Crippen LogP contribution in [0, 0.1) is 11.3 Å². The summed E-state index contributed by atoms with van der Waals surface area (Å²) in [5, 5.41) is 12.6. The second-order valence-corrected chi connectivity index (χ2v) is 5.52. The van der Waals surface area contributed by atoms with Crippen LogP contribution in [0.4, 0.5) is 0 Å². The summed E-state index contributed by atoms with van der Waals surface area (Å²) in [6, 6.07) is 13.2. The molecule has 0 spiro atoms. The van der Waals surface area contributed by atoms with Crippen molar-refractivity contribution >= 4 is 34.6 Å². The van der Waals surface area contributed by atoms with Crippen molar-refractivity contribution in [3.63, 3.8) is 0 Å². The standard InChI is InChI=1S/C16H9ClN2OS/c17-13-5-3-11(4-6-13)15-10-21-16(19-15)12(9-18)8-14-2-1-7-20-14/h1-8,10H. The predicted octanol–water partition coefficient (Wildman–Crippen LogP) is 5.12. The van der Waals surface area contributed by atoms with Gasteiger partial charge >= 0.3 is 0 Å². The largest absolute Gasteiger partial charge is 0.465 e. The second-order valence-electron chi connectivity index (χ2n) is 4.23. The molecule has 0 saturated carbocycles. The number of hydrogen-bond acceptors (Lipinski definition) is 4. The van der Waals surface area contributed by atoms with Gasteiger partial charge in [0.05, 0.1) is 17.5 Å². The van der Waals surface area contributed by atoms with E-state index < -0.39 is 0 Å². The first-order chi connectivity index (χ1) is 10.3. The van der Waals surface area contributed by atoms with Crippen LogP contribution >= 0.6 is 22.9 Å². The van der Waals surface area contributed by atoms with Gasteiger partial charge in [0.1, 0.15) is 16.8 Å². The number of rotatable bonds is 3. The van der Waals surface area contributed by atoms with Gasteiger partial charge < -0.3 is 4.42 Å². The topological polar surface area (TPSA) is 49.8 Å². The summed E-state index contributed by atoms with van der Waals surface area (Å²) < 4.78 is 5.23. The zero-order valence-electron chi connectivity index (χ0n) is 10.8. The van der Waals surface area contributed by atoms with Crippen LogP contribution in [0.2, 0.25) is 5.02 Å². The molecule has 0 unspecified atom stereocenters. The van der Waals surface area contributed by atoms with Gasteiger partial charge in [0, 0.05) is 22.0 Å². The van der Waals surface area contributed by atoms with Gasteiger partial charge in [-0.3, -0.25) is 0 Å². The number of furan rings is 1. The predicted molar refractivity (Wildman–Crippen MR) is 84.8 cm³/mol. The highest BCUT2D eigenvalue weighted by Gasteiger charge is 2.09. The fourth-order valence-electron chi connectivity index (χ4n) is 1.81. The molecular formula is C16H9ClN2OS. The molecule has 0 aliphatic heterocycles. The highest BCUT2D eigenvalue weighted by molar-refractivity contribution is 7.11. The van der Waals surface area contributed by atoms with Crippen molar-refractivity contribution in [1.82, 2.24) is 4.98 Å². The Morgan fingerprint density at radius 1 is 1.29 bits per heavy atom. The normalized spacial score (nSPS) is 11.3. The van der Waals surface area contributed by atoms with Crippen LogP contribution in [0.5, 0.6) is 0 Å². The van der Waals surface area contributed by atoms with Gasteiger partial charge in [-0.2, -0.15) is 5.26 Å². The van der Waals surface area contributed by atoms with Crippen LogP contribution in [-0.4, -0.2) is 4.98 Å². The maximum atomic E-state index is 9.28. The first-order valence-electron chi connectivity index (χ1n) is 6.13. The third kappa shape index (κ3) is 3.05. The fourth-order valence-corrected chi connectivity index (χ4v) is 2.73. The van der Waals surface area contributed by atoms with E-state index in [0.717, 1.165) is 11.3 Å². The molecule has 3 aromatic rings. The molecule has 0 atom stereocenters. The molecule has 0 aliphatic carbocycles. The quantitative estimate of drug-likeness (QED) is 0.631. The van der Waals surface area contributed by atoms with Gasteiger partial charge in [-0.05, 0) is 24.3 Å². The van der Waals surface area contributed by atoms with E-state index in [1.807, 2.05) is 29.6 Å². The number of allylic oxidation sites excluding steroid dienone is 1. The molecule has 0 saturated heterocycles. The lowest BCUT2D eigenvalue weighted by Gasteiger charge is -1.96. The highest BCUT2D eigenvalue weighted by Crippen LogP contribution is 2.27. The van der Waals surface area contributed by atoms with Crippen molar-refractivity contribution in [3.8, 4) is 17.3 Å². The third-order valence-corrected chi connectivity index (χ3v) is 3.95. The molecule has 0 aliphatic rings. The molecule has 2 heterocycles. The van der Waals surface area contributed by atoms with Crippen LogP contribution in [0.1, 0.15) is 10.8 Å². The molecule has 21 heavy (non-hydrogen) atoms. The molecule has 0 bridgehead atoms. The van der Waals surface area contributed by atoms with Crippen molar-refractivity contribution in [2.24, 2.45) is 0 Å². The molecule has 0 fully saturated rings. The van der Waals surface area contributed by atoms with Crippen molar-refractivity contribution in [2.45, 2.75) is 0 Å². The summed E-state index contributed by atoms with van der Waals surface area (Å²) in [6.45, 7) is 0. The SMILES string of the molecule is N#CC(=Cc1ccco1)c1nc(-c2ccc(Cl)cc2)cs1. The summed E-state index contributed by atoms with van der Waals surface area (Å²) in [4.78, 5) is 4.50. The average Bonchev–Trinajstić information content (AvgIpc) is 3.17. The van der Waals surface area contributed by atoms with Gasteiger partial charge in [0.2, 0.25) is 0 Å². The molecule has 0 N–H and O–H groups in total. The van der Waals surface area contributed by atoms with Crippen molar-refractivity contribution in [1.29, 1.82) is 5.26 Å². The molecule has 2 aromatic heterocycles. The molecule has 102 valence electrons. The van der Waals surface area contributed by atoms with Crippen LogP contribution in [0.15, 0.2) is 52.5 Å². The lowest BCUT2D eigenvalue weighted by molar-refractivity contribution is 0.557. The third-order valence-electron chi connectivity index (χ3n) is 2.82. The molecule has 0 radical (unpaired) electrons. The maximum Gasteiger partial charge on any atom is 0.134 e. The van der Waals surface area contributed by atoms with Gasteiger partial charge in [-0.25, -0.2) is 4.98 Å². The Labute approximate surface area is 130 Å². The number of nitriles is 1. The van der Waals surface area contributed by atoms with Gasteiger partial charge in [-0.1, -0.05) is 23.7 Å². The van der Waals surface area contributed by atoms with Gasteiger partial charge in [0.15, 0.2) is 0 Å². The monoisotopic (exact) mass is 312 g/mol. The van der Waals surface area contributed by atoms with E-state index in [1.165, 1.54) is 11.3 Å². The highest BCUT2D eigenvalue weighted by atomic mass is 35.5. The summed E-state index contributed by atoms with van der Waals surface area (Å²) in [5.74, 6) is 0.634. The molecule has 1 aromatic carbocycles. The number of nitrogens with zero attached hydrogens (tertiary/aromatic N) is 2. The Morgan fingerprint density at radius 2 is 2.10 bits per heavy atom. The summed E-state index contributed by atoms with van der Waals surface area (Å²) in [5.41, 5.74) is 2.28. The van der Waals surface area contributed by atoms with Gasteiger partial charge in [0.25, 0.3) is 0 Å². The van der Waals surface area contributed by atoms with Crippen LogP contribution in [0.25, 0.3) is 22.9 Å². The van der Waals surface area contributed by atoms with E-state index in [1.54, 1.807) is 24.5 Å². The summed E-state index contributed by atoms with van der Waals surface area (Å²) in [7, 11) is 0. The first-order valence-corrected chi connectivity index (χ1v) is 7.39. The number of aromatic nitrogens is 1. The number of benzene rings is 1. The lowest BCUT2D eigenvalue weighted by Crippen LogP contribution is -1.82. The lowest BCUT2D eigenvalue weighted by atomic mass is 10.2. The van der Waals surface area contributed by atoms with Crippen molar-refractivity contribution in [2.75, 3.05) is 0 Å². The van der Waals surface area contributed by atoms with Crippen LogP contribution in [-0.2, 0) is 0 Å². The molecule has 3 nitrogen and oxygen atoms in total. The van der Waals surface area contributed by atoms with Crippen LogP contribution < -0.4 is 0 Å². The zero-order valence-corrected chi connectivity index (χ0v) is 12.4. The molecule has 3 rings (SSSR count). The molecule has 5 heteroatoms. The van der Waals surface area contributed by atoms with E-state index in [2.05, 4.69) is 11.1 Å². The Kier molecular flexibility index (Phi) is 3.87. The summed E-state index contributed by atoms with van der Waals surface area (Å²) in [6.07, 6.45) is 3.26. The number of thiazole rings is 1. The Morgan fingerprint density at radius 3 is 2.76 bits per heavy atom. The van der Waals surface area contributed by atoms with E-state index in [9.17, 15) is 5.26 Å². The fraction of sp³-hybridized carbons (Fsp3) is 0. The Bertz CT molecular complexity index is 811. The number of hydrogen-bond donors (Lipinski definition) is 0. The Balaban J connectivity index is 1.94. The maximum absolute atomic E-state index is 9.28. The van der Waals surface area contributed by atoms with E-state index >= 15 is 0 Å². The first kappa shape index (κ1) is 13.6. The minimum atomic E-state index is 0.482. The zero-order chi connectivity index (χ0) is 14.7. The second kappa shape index (κ2) is 5.96. The minimum absolute atomic E-state index is 0.482. The summed E-state index contributed by atoms with van der Waals surface area (Å²) >= 11 is 7.30. The minimum Gasteiger partial charge on any atom is -0.465 e. The number of halogens is 1. The van der Waals surface area contributed by atoms with E-state index in [-0.39, 0.29) is 0 Å². The Hall–Kier alpha value is -2.35. The smallest absolute Gasteiger partial charge is 0.134 e. The van der Waals surface area contributed by atoms with Crippen LogP contribution in [0.3, 0.4) is 0 Å². The molecular weight excluding hydrogens is 304 g/mol. The van der Waals surface area contributed by atoms with Crippen molar-refractivity contribution < 1.29 is 4.42 Å². The average molecular weight is 313 g/mol.